The minimum Gasteiger partial charge on any atom is -0.381 e. The molecule has 1 aromatic carbocycles. The molecule has 1 aromatic rings. The summed E-state index contributed by atoms with van der Waals surface area (Å²) in [5.74, 6) is 1.16. The van der Waals surface area contributed by atoms with Gasteiger partial charge in [0.25, 0.3) is 0 Å². The van der Waals surface area contributed by atoms with Gasteiger partial charge in [-0.3, -0.25) is 4.99 Å². The average Bonchev–Trinajstić information content (AvgIpc) is 2.59. The maximum absolute atomic E-state index is 12.2. The lowest BCUT2D eigenvalue weighted by atomic mass is 10.2. The van der Waals surface area contributed by atoms with Crippen LogP contribution in [0.25, 0.3) is 0 Å². The fourth-order valence-corrected chi connectivity index (χ4v) is 3.34. The number of aliphatic imine (C=N–C) groups is 1. The van der Waals surface area contributed by atoms with E-state index in [1.807, 2.05) is 0 Å². The first-order valence-corrected chi connectivity index (χ1v) is 10.5. The Morgan fingerprint density at radius 3 is 2.56 bits per heavy atom. The van der Waals surface area contributed by atoms with E-state index in [-0.39, 0.29) is 35.4 Å². The van der Waals surface area contributed by atoms with Crippen LogP contribution in [0.4, 0.5) is 0 Å². The molecule has 10 heteroatoms. The molecule has 0 fully saturated rings. The minimum absolute atomic E-state index is 0. The van der Waals surface area contributed by atoms with Gasteiger partial charge >= 0.3 is 0 Å². The van der Waals surface area contributed by atoms with Crippen molar-refractivity contribution in [1.82, 2.24) is 15.4 Å². The first-order valence-electron chi connectivity index (χ1n) is 8.62. The molecule has 0 aliphatic rings. The predicted molar refractivity (Wildman–Crippen MR) is 122 cm³/mol. The molecule has 0 unspecified atom stereocenters. The third-order valence-corrected chi connectivity index (χ3v) is 4.94. The van der Waals surface area contributed by atoms with E-state index in [4.69, 9.17) is 16.3 Å². The van der Waals surface area contributed by atoms with E-state index in [2.05, 4.69) is 34.2 Å². The van der Waals surface area contributed by atoms with Crippen LogP contribution in [-0.2, 0) is 14.8 Å². The molecule has 0 spiro atoms. The van der Waals surface area contributed by atoms with Crippen molar-refractivity contribution >= 4 is 51.6 Å². The van der Waals surface area contributed by atoms with Gasteiger partial charge in [0.05, 0.1) is 4.90 Å². The van der Waals surface area contributed by atoms with Crippen LogP contribution in [-0.4, -0.2) is 54.3 Å². The molecule has 0 aromatic heterocycles. The number of sulfonamides is 1. The molecule has 0 saturated carbocycles. The van der Waals surface area contributed by atoms with Crippen molar-refractivity contribution in [1.29, 1.82) is 0 Å². The molecule has 7 nitrogen and oxygen atoms in total. The molecular weight excluding hydrogens is 503 g/mol. The van der Waals surface area contributed by atoms with Gasteiger partial charge in [-0.1, -0.05) is 31.5 Å². The molecule has 0 radical (unpaired) electrons. The van der Waals surface area contributed by atoms with Gasteiger partial charge in [-0.05, 0) is 30.5 Å². The maximum Gasteiger partial charge on any atom is 0.240 e. The van der Waals surface area contributed by atoms with Crippen molar-refractivity contribution in [3.05, 3.63) is 29.3 Å². The zero-order valence-corrected chi connectivity index (χ0v) is 19.9. The van der Waals surface area contributed by atoms with Crippen LogP contribution >= 0.6 is 35.6 Å². The lowest BCUT2D eigenvalue weighted by Gasteiger charge is -2.13. The van der Waals surface area contributed by atoms with Gasteiger partial charge in [0.15, 0.2) is 5.96 Å². The first-order chi connectivity index (χ1) is 12.3. The van der Waals surface area contributed by atoms with E-state index >= 15 is 0 Å². The lowest BCUT2D eigenvalue weighted by Crippen LogP contribution is -2.42. The fraction of sp³-hybridized carbons (Fsp3) is 0.588. The zero-order valence-electron chi connectivity index (χ0n) is 16.0. The number of halogens is 2. The van der Waals surface area contributed by atoms with Gasteiger partial charge in [0, 0.05) is 44.9 Å². The van der Waals surface area contributed by atoms with Gasteiger partial charge in [0.1, 0.15) is 0 Å². The Bertz CT molecular complexity index is 672. The van der Waals surface area contributed by atoms with Gasteiger partial charge in [0.2, 0.25) is 10.0 Å². The monoisotopic (exact) mass is 532 g/mol. The molecule has 27 heavy (non-hydrogen) atoms. The second kappa shape index (κ2) is 14.4. The van der Waals surface area contributed by atoms with Gasteiger partial charge in [-0.15, -0.1) is 24.0 Å². The highest BCUT2D eigenvalue weighted by Crippen LogP contribution is 2.14. The van der Waals surface area contributed by atoms with Crippen LogP contribution in [0.15, 0.2) is 34.2 Å². The number of rotatable bonds is 11. The first kappa shape index (κ1) is 26.4. The molecule has 0 amide bonds. The van der Waals surface area contributed by atoms with Crippen molar-refractivity contribution in [3.8, 4) is 0 Å². The number of guanidine groups is 1. The molecular formula is C17H30ClIN4O3S. The quantitative estimate of drug-likeness (QED) is 0.176. The number of ether oxygens (including phenoxy) is 1. The van der Waals surface area contributed by atoms with Crippen LogP contribution in [0.3, 0.4) is 0 Å². The van der Waals surface area contributed by atoms with Crippen molar-refractivity contribution in [3.63, 3.8) is 0 Å². The van der Waals surface area contributed by atoms with E-state index in [0.717, 1.165) is 19.6 Å². The summed E-state index contributed by atoms with van der Waals surface area (Å²) < 4.78 is 32.4. The summed E-state index contributed by atoms with van der Waals surface area (Å²) in [6.07, 6.45) is 0.870. The normalized spacial score (nSPS) is 12.0. The van der Waals surface area contributed by atoms with E-state index in [1.54, 1.807) is 19.2 Å². The summed E-state index contributed by atoms with van der Waals surface area (Å²) in [4.78, 5) is 4.24. The van der Waals surface area contributed by atoms with Crippen molar-refractivity contribution in [2.24, 2.45) is 10.9 Å². The second-order valence-electron chi connectivity index (χ2n) is 6.10. The van der Waals surface area contributed by atoms with Gasteiger partial charge in [-0.25, -0.2) is 13.1 Å². The fourth-order valence-electron chi connectivity index (χ4n) is 2.00. The van der Waals surface area contributed by atoms with Crippen molar-refractivity contribution in [2.75, 3.05) is 39.9 Å². The third kappa shape index (κ3) is 11.7. The smallest absolute Gasteiger partial charge is 0.240 e. The van der Waals surface area contributed by atoms with Crippen molar-refractivity contribution in [2.45, 2.75) is 25.2 Å². The molecule has 1 rings (SSSR count). The van der Waals surface area contributed by atoms with Crippen LogP contribution in [0.1, 0.15) is 20.3 Å². The number of nitrogens with one attached hydrogen (secondary N) is 3. The molecule has 0 atom stereocenters. The Balaban J connectivity index is 0.00000676. The topological polar surface area (TPSA) is 91.8 Å². The summed E-state index contributed by atoms with van der Waals surface area (Å²) in [6.45, 7) is 7.05. The maximum atomic E-state index is 12.2. The van der Waals surface area contributed by atoms with Crippen LogP contribution in [0.5, 0.6) is 0 Å². The highest BCUT2D eigenvalue weighted by Gasteiger charge is 2.13. The SMILES string of the molecule is CN=C(NCCCOCC(C)C)NCCNS(=O)(=O)c1cccc(Cl)c1.I. The second-order valence-corrected chi connectivity index (χ2v) is 8.31. The summed E-state index contributed by atoms with van der Waals surface area (Å²) in [6, 6.07) is 6.15. The van der Waals surface area contributed by atoms with Crippen LogP contribution < -0.4 is 15.4 Å². The Morgan fingerprint density at radius 2 is 1.93 bits per heavy atom. The number of hydrogen-bond donors (Lipinski definition) is 3. The molecule has 0 saturated heterocycles. The lowest BCUT2D eigenvalue weighted by molar-refractivity contribution is 0.108. The molecule has 0 aliphatic carbocycles. The summed E-state index contributed by atoms with van der Waals surface area (Å²) in [5, 5.41) is 6.60. The zero-order chi connectivity index (χ0) is 19.4. The largest absolute Gasteiger partial charge is 0.381 e. The Morgan fingerprint density at radius 1 is 1.22 bits per heavy atom. The molecule has 156 valence electrons. The summed E-state index contributed by atoms with van der Waals surface area (Å²) >= 11 is 5.83. The van der Waals surface area contributed by atoms with Gasteiger partial charge < -0.3 is 15.4 Å². The van der Waals surface area contributed by atoms with E-state index in [9.17, 15) is 8.42 Å². The van der Waals surface area contributed by atoms with Crippen molar-refractivity contribution < 1.29 is 13.2 Å². The Hall–Kier alpha value is -0.620. The summed E-state index contributed by atoms with van der Waals surface area (Å²) in [5.41, 5.74) is 0. The highest BCUT2D eigenvalue weighted by atomic mass is 127. The van der Waals surface area contributed by atoms with E-state index in [1.165, 1.54) is 12.1 Å². The number of nitrogens with zero attached hydrogens (tertiary/aromatic N) is 1. The number of hydrogen-bond acceptors (Lipinski definition) is 4. The van der Waals surface area contributed by atoms with E-state index < -0.39 is 10.0 Å². The van der Waals surface area contributed by atoms with E-state index in [0.29, 0.717) is 30.1 Å². The highest BCUT2D eigenvalue weighted by molar-refractivity contribution is 14.0. The Kier molecular flexibility index (Phi) is 14.1. The minimum atomic E-state index is -3.57. The predicted octanol–water partition coefficient (Wildman–Crippen LogP) is 2.46. The standard InChI is InChI=1S/C17H29ClN4O3S.HI/c1-14(2)13-25-11-5-8-20-17(19-3)21-9-10-22-26(23,24)16-7-4-6-15(18)12-16;/h4,6-7,12,14,22H,5,8-11,13H2,1-3H3,(H2,19,20,21);1H. The van der Waals surface area contributed by atoms with Crippen LogP contribution in [0.2, 0.25) is 5.02 Å². The Labute approximate surface area is 184 Å². The molecule has 3 N–H and O–H groups in total. The third-order valence-electron chi connectivity index (χ3n) is 3.25. The van der Waals surface area contributed by atoms with Gasteiger partial charge in [-0.2, -0.15) is 0 Å². The molecule has 0 bridgehead atoms. The number of benzene rings is 1. The van der Waals surface area contributed by atoms with Crippen LogP contribution in [0, 0.1) is 5.92 Å². The average molecular weight is 533 g/mol. The molecule has 0 aliphatic heterocycles. The molecule has 0 heterocycles. The summed E-state index contributed by atoms with van der Waals surface area (Å²) in [7, 11) is -1.91.